The number of hydrogen-bond donors (Lipinski definition) is 6. The van der Waals surface area contributed by atoms with Crippen LogP contribution in [0.3, 0.4) is 0 Å². The Labute approximate surface area is 348 Å². The van der Waals surface area contributed by atoms with Crippen molar-refractivity contribution in [2.24, 2.45) is 34.4 Å². The van der Waals surface area contributed by atoms with Crippen LogP contribution >= 0.6 is 0 Å². The van der Waals surface area contributed by atoms with Crippen molar-refractivity contribution in [2.75, 3.05) is 19.7 Å². The van der Waals surface area contributed by atoms with Gasteiger partial charge in [0.25, 0.3) is 0 Å². The molecule has 0 spiro atoms. The molecule has 3 aliphatic heterocycles. The Morgan fingerprint density at radius 2 is 0.984 bits per heavy atom. The maximum absolute atomic E-state index is 15.8. The molecule has 26 heteroatoms. The van der Waals surface area contributed by atoms with Crippen molar-refractivity contribution in [3.63, 3.8) is 0 Å². The van der Waals surface area contributed by atoms with E-state index in [-0.39, 0.29) is 13.0 Å². The molecule has 0 aromatic heterocycles. The molecule has 3 saturated heterocycles. The Balaban J connectivity index is 1.74. The van der Waals surface area contributed by atoms with Gasteiger partial charge in [0.1, 0.15) is 55.4 Å². The summed E-state index contributed by atoms with van der Waals surface area (Å²) < 4.78 is 100. The van der Waals surface area contributed by atoms with E-state index in [2.05, 4.69) is 0 Å². The molecule has 1 unspecified atom stereocenters. The second-order valence-corrected chi connectivity index (χ2v) is 14.9. The quantitative estimate of drug-likeness (QED) is 0.0671. The van der Waals surface area contributed by atoms with Crippen molar-refractivity contribution in [3.8, 4) is 0 Å². The third kappa shape index (κ3) is 12.0. The normalized spacial score (nSPS) is 39.6. The Morgan fingerprint density at radius 1 is 0.525 bits per heavy atom. The smallest absolute Gasteiger partial charge is 0.306 e. The van der Waals surface area contributed by atoms with Crippen LogP contribution in [0.25, 0.3) is 0 Å². The molecule has 4 aliphatic rings. The molecule has 4 fully saturated rings. The number of esters is 6. The molecule has 0 bridgehead atoms. The molecule has 348 valence electrons. The maximum Gasteiger partial charge on any atom is 0.306 e. The topological polar surface area (TPSA) is 369 Å². The zero-order chi connectivity index (χ0) is 45.7. The van der Waals surface area contributed by atoms with E-state index in [4.69, 9.17) is 91.2 Å². The summed E-state index contributed by atoms with van der Waals surface area (Å²) in [4.78, 5) is 73.0. The van der Waals surface area contributed by atoms with Crippen LogP contribution in [0.1, 0.15) is 48.0 Å². The molecule has 24 nitrogen and oxygen atoms in total. The fraction of sp³-hybridized carbons (Fsp3) is 0.829. The van der Waals surface area contributed by atoms with Crippen LogP contribution < -0.4 is 34.4 Å². The Bertz CT molecular complexity index is 1590. The van der Waals surface area contributed by atoms with Gasteiger partial charge in [-0.25, -0.2) is 8.78 Å². The van der Waals surface area contributed by atoms with E-state index in [0.29, 0.717) is 0 Å². The van der Waals surface area contributed by atoms with Crippen LogP contribution in [0, 0.1) is 0 Å². The minimum absolute atomic E-state index is 0.145. The highest BCUT2D eigenvalue weighted by Gasteiger charge is 2.62. The van der Waals surface area contributed by atoms with Gasteiger partial charge in [-0.1, -0.05) is 0 Å². The summed E-state index contributed by atoms with van der Waals surface area (Å²) in [6.07, 6.45) is -22.5. The number of rotatable bonds is 15. The number of carbonyl (C=O) groups excluding carboxylic acids is 6. The highest BCUT2D eigenvalue weighted by atomic mass is 19.3. The predicted octanol–water partition coefficient (Wildman–Crippen LogP) is -4.20. The van der Waals surface area contributed by atoms with Gasteiger partial charge in [0.05, 0.1) is 6.04 Å². The predicted molar refractivity (Wildman–Crippen MR) is 195 cm³/mol. The number of carbonyl (C=O) groups is 6. The van der Waals surface area contributed by atoms with Crippen LogP contribution in [0.5, 0.6) is 0 Å². The summed E-state index contributed by atoms with van der Waals surface area (Å²) in [5.74, 6) is -9.18. The van der Waals surface area contributed by atoms with Crippen LogP contribution in [0.2, 0.25) is 0 Å². The maximum atomic E-state index is 15.8. The van der Waals surface area contributed by atoms with Gasteiger partial charge >= 0.3 is 41.7 Å². The average molecular weight is 887 g/mol. The molecule has 1 aliphatic carbocycles. The Kier molecular flexibility index (Phi) is 17.2. The fourth-order valence-electron chi connectivity index (χ4n) is 7.50. The number of nitrogens with two attached hydrogens (primary N) is 6. The van der Waals surface area contributed by atoms with E-state index >= 15 is 8.78 Å². The molecule has 18 atom stereocenters. The van der Waals surface area contributed by atoms with E-state index < -0.39 is 165 Å². The van der Waals surface area contributed by atoms with Gasteiger partial charge in [-0.3, -0.25) is 28.8 Å². The van der Waals surface area contributed by atoms with Gasteiger partial charge in [-0.05, 0) is 6.42 Å². The van der Waals surface area contributed by atoms with Crippen molar-refractivity contribution < 1.29 is 94.4 Å². The first kappa shape index (κ1) is 49.9. The number of hydrogen-bond acceptors (Lipinski definition) is 24. The van der Waals surface area contributed by atoms with E-state index in [9.17, 15) is 28.8 Å². The first-order chi connectivity index (χ1) is 28.5. The van der Waals surface area contributed by atoms with Crippen molar-refractivity contribution in [1.82, 2.24) is 0 Å². The second-order valence-electron chi connectivity index (χ2n) is 14.9. The average Bonchev–Trinajstić information content (AvgIpc) is 3.46. The molecule has 0 radical (unpaired) electrons. The molecule has 12 N–H and O–H groups in total. The number of halogens is 2. The van der Waals surface area contributed by atoms with Crippen molar-refractivity contribution in [1.29, 1.82) is 0 Å². The van der Waals surface area contributed by atoms with Gasteiger partial charge in [-0.15, -0.1) is 0 Å². The van der Waals surface area contributed by atoms with E-state index in [1.165, 1.54) is 0 Å². The molecular weight excluding hydrogens is 830 g/mol. The summed E-state index contributed by atoms with van der Waals surface area (Å²) in [6, 6.07) is -5.98. The van der Waals surface area contributed by atoms with Gasteiger partial charge in [0.15, 0.2) is 43.3 Å². The monoisotopic (exact) mass is 886 g/mol. The van der Waals surface area contributed by atoms with Gasteiger partial charge in [0, 0.05) is 66.7 Å². The highest BCUT2D eigenvalue weighted by Crippen LogP contribution is 2.40. The van der Waals surface area contributed by atoms with Gasteiger partial charge in [0.2, 0.25) is 0 Å². The van der Waals surface area contributed by atoms with Crippen LogP contribution in [-0.4, -0.2) is 172 Å². The zero-order valence-corrected chi connectivity index (χ0v) is 34.3. The minimum atomic E-state index is -3.97. The summed E-state index contributed by atoms with van der Waals surface area (Å²) in [5.41, 5.74) is 37.0. The number of ether oxygens (including phenoxy) is 12. The standard InChI is InChI=1S/C35H56F2N6O18/c1-11(44)50-10-21-26(60-32-22(42)27(53-14(4)47)25(52-13(3)46)19(8-38)56-32)29(54-15(5)48)33(58-21)61-28-23(51-12(2)45)17(40)7-18(41)24(28)59-34-30(43)35(36,37)31(55-16(6)49)20(9-39)57-34/h17-34H,7-10,38-43H2,1-6H3/t17-,18+,19+,20-,21-,22-,23?,24-,25-,26-,27-,28-,29-,30+,31-,32-,33+,34-/m1/s1. The lowest BCUT2D eigenvalue weighted by atomic mass is 9.84. The third-order valence-electron chi connectivity index (χ3n) is 10.1. The first-order valence-electron chi connectivity index (χ1n) is 19.2. The van der Waals surface area contributed by atoms with E-state index in [1.54, 1.807) is 0 Å². The first-order valence-corrected chi connectivity index (χ1v) is 19.2. The van der Waals surface area contributed by atoms with Crippen LogP contribution in [0.15, 0.2) is 0 Å². The lowest BCUT2D eigenvalue weighted by molar-refractivity contribution is -0.332. The molecule has 1 saturated carbocycles. The van der Waals surface area contributed by atoms with Crippen molar-refractivity contribution in [2.45, 2.75) is 164 Å². The van der Waals surface area contributed by atoms with E-state index in [0.717, 1.165) is 41.5 Å². The largest absolute Gasteiger partial charge is 0.463 e. The third-order valence-corrected chi connectivity index (χ3v) is 10.1. The molecule has 0 aromatic carbocycles. The summed E-state index contributed by atoms with van der Waals surface area (Å²) in [7, 11) is 0. The Morgan fingerprint density at radius 3 is 1.52 bits per heavy atom. The molecular formula is C35H56F2N6O18. The molecule has 0 aromatic rings. The number of alkyl halides is 2. The summed E-state index contributed by atoms with van der Waals surface area (Å²) in [5, 5.41) is 0. The molecule has 3 heterocycles. The molecule has 4 rings (SSSR count). The zero-order valence-electron chi connectivity index (χ0n) is 34.3. The molecule has 0 amide bonds. The van der Waals surface area contributed by atoms with Crippen LogP contribution in [-0.2, 0) is 85.6 Å². The second kappa shape index (κ2) is 21.0. The lowest BCUT2D eigenvalue weighted by Crippen LogP contribution is -2.71. The van der Waals surface area contributed by atoms with Crippen molar-refractivity contribution >= 4 is 35.8 Å². The van der Waals surface area contributed by atoms with Gasteiger partial charge < -0.3 is 91.2 Å². The van der Waals surface area contributed by atoms with Crippen molar-refractivity contribution in [3.05, 3.63) is 0 Å². The highest BCUT2D eigenvalue weighted by molar-refractivity contribution is 5.68. The molecule has 61 heavy (non-hydrogen) atoms. The Hall–Kier alpha value is -3.80. The minimum Gasteiger partial charge on any atom is -0.463 e. The summed E-state index contributed by atoms with van der Waals surface area (Å²) in [6.45, 7) is 4.81. The fourth-order valence-corrected chi connectivity index (χ4v) is 7.50. The van der Waals surface area contributed by atoms with Crippen LogP contribution in [0.4, 0.5) is 8.78 Å². The van der Waals surface area contributed by atoms with Gasteiger partial charge in [-0.2, -0.15) is 0 Å². The summed E-state index contributed by atoms with van der Waals surface area (Å²) >= 11 is 0. The SMILES string of the molecule is CC(=O)OC[C@H]1O[C@@H](O[C@@H]2C(OC(C)=O)[C@H](N)C[C@H](N)[C@H]2O[C@H]2O[C@H](CN)[C@@H](OC(C)=O)C(F)(F)[C@H]2N)[C@H](OC(C)=O)[C@@H]1O[C@H]1O[C@@H](CN)[C@@H](OC(C)=O)[C@H](OC(C)=O)[C@H]1N. The van der Waals surface area contributed by atoms with E-state index in [1.807, 2.05) is 0 Å². The lowest BCUT2D eigenvalue weighted by Gasteiger charge is -2.49.